The first-order valence-electron chi connectivity index (χ1n) is 9.27. The van der Waals surface area contributed by atoms with Crippen molar-refractivity contribution in [3.05, 3.63) is 60.2 Å². The maximum atomic E-state index is 11.3. The number of hydrogen-bond donors (Lipinski definition) is 2. The number of nitrogens with one attached hydrogen (secondary N) is 1. The number of primary amides is 1. The Kier molecular flexibility index (Phi) is 8.14. The first kappa shape index (κ1) is 21.6. The van der Waals surface area contributed by atoms with Crippen LogP contribution in [0, 0.1) is 0 Å². The number of thioether (sulfide) groups is 1. The van der Waals surface area contributed by atoms with Crippen molar-refractivity contribution in [1.29, 1.82) is 0 Å². The highest BCUT2D eigenvalue weighted by Crippen LogP contribution is 2.31. The molecule has 5 nitrogen and oxygen atoms in total. The third-order valence-electron chi connectivity index (χ3n) is 4.38. The number of anilines is 2. The highest BCUT2D eigenvalue weighted by Gasteiger charge is 2.16. The van der Waals surface area contributed by atoms with Crippen LogP contribution in [0.5, 0.6) is 0 Å². The van der Waals surface area contributed by atoms with Crippen LogP contribution in [0.3, 0.4) is 0 Å². The Morgan fingerprint density at radius 1 is 1.29 bits per heavy atom. The second kappa shape index (κ2) is 10.6. The van der Waals surface area contributed by atoms with Crippen molar-refractivity contribution in [1.82, 2.24) is 0 Å². The topological polar surface area (TPSA) is 70.7 Å². The molecular formula is C22H28N4OS. The predicted octanol–water partition coefficient (Wildman–Crippen LogP) is 4.74. The number of hydrogen-bond acceptors (Lipinski definition) is 5. The molecule has 0 aliphatic heterocycles. The minimum absolute atomic E-state index is 0.603. The number of hydrazone groups is 1. The maximum absolute atomic E-state index is 11.3. The average Bonchev–Trinajstić information content (AvgIpc) is 2.72. The summed E-state index contributed by atoms with van der Waals surface area (Å²) in [5.74, 6) is -0.603. The molecular weight excluding hydrogens is 368 g/mol. The fourth-order valence-corrected chi connectivity index (χ4v) is 3.24. The number of amides is 1. The lowest BCUT2D eigenvalue weighted by atomic mass is 9.99. The highest BCUT2D eigenvalue weighted by molar-refractivity contribution is 7.98. The summed E-state index contributed by atoms with van der Waals surface area (Å²) in [5.41, 5.74) is 9.98. The monoisotopic (exact) mass is 396 g/mol. The number of unbranched alkanes of at least 4 members (excludes halogenated alkanes) is 1. The molecule has 0 aromatic heterocycles. The van der Waals surface area contributed by atoms with Crippen LogP contribution >= 0.6 is 11.8 Å². The molecule has 0 bridgehead atoms. The molecule has 2 rings (SSSR count). The zero-order valence-electron chi connectivity index (χ0n) is 16.7. The lowest BCUT2D eigenvalue weighted by molar-refractivity contribution is -0.111. The van der Waals surface area contributed by atoms with Crippen molar-refractivity contribution in [2.45, 2.75) is 31.1 Å². The van der Waals surface area contributed by atoms with Crippen LogP contribution in [0.1, 0.15) is 30.9 Å². The van der Waals surface area contributed by atoms with E-state index in [1.165, 1.54) is 5.56 Å². The normalized spacial score (nSPS) is 10.8. The van der Waals surface area contributed by atoms with E-state index in [1.807, 2.05) is 37.6 Å². The molecule has 1 amide bonds. The third kappa shape index (κ3) is 5.63. The van der Waals surface area contributed by atoms with Gasteiger partial charge < -0.3 is 11.1 Å². The maximum Gasteiger partial charge on any atom is 0.261 e. The van der Waals surface area contributed by atoms with Crippen molar-refractivity contribution in [3.8, 4) is 0 Å². The Hall–Kier alpha value is -2.73. The first-order valence-corrected chi connectivity index (χ1v) is 10.5. The highest BCUT2D eigenvalue weighted by atomic mass is 32.2. The SMILES string of the molecule is C=C(c1cc(NC)ccc1CCCC)N(/N=C/C(N)=O)c1ccc(SC)cc1. The molecule has 0 saturated carbocycles. The summed E-state index contributed by atoms with van der Waals surface area (Å²) in [5, 5.41) is 9.15. The van der Waals surface area contributed by atoms with Crippen LogP contribution < -0.4 is 16.1 Å². The molecule has 0 saturated heterocycles. The van der Waals surface area contributed by atoms with Gasteiger partial charge in [-0.1, -0.05) is 26.0 Å². The molecule has 0 aliphatic carbocycles. The Labute approximate surface area is 171 Å². The first-order chi connectivity index (χ1) is 13.5. The summed E-state index contributed by atoms with van der Waals surface area (Å²) in [7, 11) is 1.89. The number of benzene rings is 2. The van der Waals surface area contributed by atoms with Gasteiger partial charge in [0.2, 0.25) is 0 Å². The van der Waals surface area contributed by atoms with E-state index in [0.717, 1.165) is 47.3 Å². The van der Waals surface area contributed by atoms with Gasteiger partial charge in [0.25, 0.3) is 5.91 Å². The summed E-state index contributed by atoms with van der Waals surface area (Å²) in [6.07, 6.45) is 6.29. The largest absolute Gasteiger partial charge is 0.388 e. The van der Waals surface area contributed by atoms with E-state index < -0.39 is 5.91 Å². The van der Waals surface area contributed by atoms with E-state index >= 15 is 0 Å². The Morgan fingerprint density at radius 2 is 2.00 bits per heavy atom. The van der Waals surface area contributed by atoms with E-state index in [-0.39, 0.29) is 0 Å². The van der Waals surface area contributed by atoms with Gasteiger partial charge >= 0.3 is 0 Å². The molecule has 3 N–H and O–H groups in total. The van der Waals surface area contributed by atoms with Crippen molar-refractivity contribution in [2.75, 3.05) is 23.6 Å². The van der Waals surface area contributed by atoms with Gasteiger partial charge in [0.15, 0.2) is 0 Å². The van der Waals surface area contributed by atoms with Gasteiger partial charge in [-0.25, -0.2) is 5.01 Å². The second-order valence-corrected chi connectivity index (χ2v) is 7.21. The van der Waals surface area contributed by atoms with Crippen molar-refractivity contribution in [2.24, 2.45) is 10.8 Å². The van der Waals surface area contributed by atoms with Crippen LogP contribution in [-0.4, -0.2) is 25.4 Å². The van der Waals surface area contributed by atoms with Crippen molar-refractivity contribution >= 4 is 41.0 Å². The molecule has 0 heterocycles. The van der Waals surface area contributed by atoms with E-state index in [9.17, 15) is 4.79 Å². The van der Waals surface area contributed by atoms with Gasteiger partial charge in [-0.05, 0) is 61.1 Å². The van der Waals surface area contributed by atoms with E-state index in [4.69, 9.17) is 5.73 Å². The fraction of sp³-hybridized carbons (Fsp3) is 0.273. The zero-order valence-corrected chi connectivity index (χ0v) is 17.6. The summed E-state index contributed by atoms with van der Waals surface area (Å²) < 4.78 is 0. The quantitative estimate of drug-likeness (QED) is 0.346. The standard InChI is InChI=1S/C22H28N4OS/c1-5-6-7-17-8-9-18(24-3)14-21(17)16(2)26(25-15-22(23)27)19-10-12-20(28-4)13-11-19/h8-15,24H,2,5-7H2,1,3-4H3,(H2,23,27)/b25-15+. The Balaban J connectivity index is 2.49. The molecule has 0 aliphatic rings. The van der Waals surface area contributed by atoms with Crippen molar-refractivity contribution in [3.63, 3.8) is 0 Å². The van der Waals surface area contributed by atoms with Crippen molar-refractivity contribution < 1.29 is 4.79 Å². The number of aryl methyl sites for hydroxylation is 1. The number of carbonyl (C=O) groups is 1. The van der Waals surface area contributed by atoms with Gasteiger partial charge in [-0.2, -0.15) is 5.10 Å². The minimum Gasteiger partial charge on any atom is -0.388 e. The summed E-state index contributed by atoms with van der Waals surface area (Å²) in [6, 6.07) is 14.2. The molecule has 0 spiro atoms. The second-order valence-electron chi connectivity index (χ2n) is 6.33. The van der Waals surface area contributed by atoms with Gasteiger partial charge in [-0.15, -0.1) is 11.8 Å². The molecule has 148 valence electrons. The van der Waals surface area contributed by atoms with Gasteiger partial charge in [-0.3, -0.25) is 4.79 Å². The molecule has 6 heteroatoms. The van der Waals surface area contributed by atoms with Gasteiger partial charge in [0, 0.05) is 23.2 Å². The lowest BCUT2D eigenvalue weighted by Crippen LogP contribution is -2.19. The molecule has 2 aromatic carbocycles. The Morgan fingerprint density at radius 3 is 2.57 bits per heavy atom. The van der Waals surface area contributed by atoms with Gasteiger partial charge in [0.1, 0.15) is 6.21 Å². The number of carbonyl (C=O) groups excluding carboxylic acids is 1. The number of nitrogens with zero attached hydrogens (tertiary/aromatic N) is 2. The molecule has 2 aromatic rings. The molecule has 0 radical (unpaired) electrons. The van der Waals surface area contributed by atoms with Crippen LogP contribution in [0.4, 0.5) is 11.4 Å². The third-order valence-corrected chi connectivity index (χ3v) is 5.13. The van der Waals surface area contributed by atoms with Crippen LogP contribution in [0.25, 0.3) is 5.70 Å². The molecule has 0 unspecified atom stereocenters. The van der Waals surface area contributed by atoms with E-state index in [2.05, 4.69) is 42.1 Å². The smallest absolute Gasteiger partial charge is 0.261 e. The zero-order chi connectivity index (χ0) is 20.5. The fourth-order valence-electron chi connectivity index (χ4n) is 2.83. The van der Waals surface area contributed by atoms with Crippen LogP contribution in [0.15, 0.2) is 59.0 Å². The molecule has 0 fully saturated rings. The van der Waals surface area contributed by atoms with E-state index in [1.54, 1.807) is 16.8 Å². The van der Waals surface area contributed by atoms with E-state index in [0.29, 0.717) is 5.70 Å². The number of nitrogens with two attached hydrogens (primary N) is 1. The summed E-state index contributed by atoms with van der Waals surface area (Å²) in [6.45, 7) is 6.47. The lowest BCUT2D eigenvalue weighted by Gasteiger charge is -2.24. The molecule has 28 heavy (non-hydrogen) atoms. The predicted molar refractivity (Wildman–Crippen MR) is 122 cm³/mol. The minimum atomic E-state index is -0.603. The molecule has 0 atom stereocenters. The summed E-state index contributed by atoms with van der Waals surface area (Å²) >= 11 is 1.67. The van der Waals surface area contributed by atoms with Gasteiger partial charge in [0.05, 0.1) is 11.4 Å². The van der Waals surface area contributed by atoms with Crippen LogP contribution in [-0.2, 0) is 11.2 Å². The van der Waals surface area contributed by atoms with Crippen LogP contribution in [0.2, 0.25) is 0 Å². The summed E-state index contributed by atoms with van der Waals surface area (Å²) in [4.78, 5) is 12.5. The Bertz CT molecular complexity index is 846. The number of rotatable bonds is 10. The average molecular weight is 397 g/mol.